The highest BCUT2D eigenvalue weighted by atomic mass is 16.2. The van der Waals surface area contributed by atoms with Crippen molar-refractivity contribution in [1.29, 1.82) is 0 Å². The van der Waals surface area contributed by atoms with E-state index in [0.29, 0.717) is 12.1 Å². The Morgan fingerprint density at radius 3 is 2.61 bits per heavy atom. The van der Waals surface area contributed by atoms with Gasteiger partial charge in [-0.3, -0.25) is 19.3 Å². The van der Waals surface area contributed by atoms with Gasteiger partial charge in [0, 0.05) is 58.1 Å². The molecule has 0 saturated carbocycles. The molecule has 128 valence electrons. The summed E-state index contributed by atoms with van der Waals surface area (Å²) >= 11 is 0. The van der Waals surface area contributed by atoms with Crippen LogP contribution in [0.3, 0.4) is 0 Å². The van der Waals surface area contributed by atoms with Crippen LogP contribution in [-0.2, 0) is 18.4 Å². The van der Waals surface area contributed by atoms with Crippen LogP contribution in [0.15, 0.2) is 12.4 Å². The van der Waals surface area contributed by atoms with Crippen molar-refractivity contribution < 1.29 is 4.79 Å². The Balaban J connectivity index is 1.58. The van der Waals surface area contributed by atoms with E-state index in [1.54, 1.807) is 4.90 Å². The molecule has 0 bridgehead atoms. The van der Waals surface area contributed by atoms with Gasteiger partial charge in [-0.1, -0.05) is 0 Å². The zero-order valence-electron chi connectivity index (χ0n) is 14.7. The normalized spacial score (nSPS) is 21.9. The predicted octanol–water partition coefficient (Wildman–Crippen LogP) is 0.939. The minimum Gasteiger partial charge on any atom is -0.348 e. The van der Waals surface area contributed by atoms with Crippen molar-refractivity contribution >= 4 is 5.91 Å². The third-order valence-electron chi connectivity index (χ3n) is 5.52. The molecular weight excluding hydrogens is 290 g/mol. The predicted molar refractivity (Wildman–Crippen MR) is 90.0 cm³/mol. The van der Waals surface area contributed by atoms with E-state index in [9.17, 15) is 4.79 Å². The van der Waals surface area contributed by atoms with E-state index in [1.807, 2.05) is 32.0 Å². The average molecular weight is 319 g/mol. The Morgan fingerprint density at radius 2 is 2.00 bits per heavy atom. The molecule has 1 aromatic heterocycles. The van der Waals surface area contributed by atoms with E-state index in [4.69, 9.17) is 0 Å². The molecule has 0 aliphatic carbocycles. The van der Waals surface area contributed by atoms with Crippen LogP contribution in [0.4, 0.5) is 0 Å². The topological polar surface area (TPSA) is 44.6 Å². The van der Waals surface area contributed by atoms with Crippen molar-refractivity contribution in [2.45, 2.75) is 37.8 Å². The number of hydrogen-bond donors (Lipinski definition) is 0. The largest absolute Gasteiger partial charge is 0.348 e. The molecule has 0 atom stereocenters. The molecular formula is C17H29N5O. The number of aryl methyl sites for hydroxylation is 1. The molecule has 3 rings (SSSR count). The van der Waals surface area contributed by atoms with Crippen LogP contribution in [-0.4, -0.2) is 76.2 Å². The number of piperidine rings is 1. The Kier molecular flexibility index (Phi) is 4.73. The van der Waals surface area contributed by atoms with Crippen LogP contribution in [0.5, 0.6) is 0 Å². The van der Waals surface area contributed by atoms with E-state index in [0.717, 1.165) is 19.6 Å². The lowest BCUT2D eigenvalue weighted by molar-refractivity contribution is -0.130. The van der Waals surface area contributed by atoms with E-state index in [1.165, 1.54) is 37.8 Å². The van der Waals surface area contributed by atoms with Crippen LogP contribution in [0.1, 0.15) is 31.2 Å². The fourth-order valence-electron chi connectivity index (χ4n) is 4.04. The summed E-state index contributed by atoms with van der Waals surface area (Å²) in [7, 11) is 5.64. The molecule has 2 aliphatic heterocycles. The molecule has 0 aromatic carbocycles. The van der Waals surface area contributed by atoms with Crippen molar-refractivity contribution in [2.75, 3.05) is 40.3 Å². The second-order valence-electron chi connectivity index (χ2n) is 7.34. The average Bonchev–Trinajstić information content (AvgIpc) is 3.09. The molecule has 23 heavy (non-hydrogen) atoms. The van der Waals surface area contributed by atoms with Gasteiger partial charge in [0.25, 0.3) is 0 Å². The Labute approximate surface area is 139 Å². The van der Waals surface area contributed by atoms with Gasteiger partial charge < -0.3 is 4.90 Å². The number of nitrogens with zero attached hydrogens (tertiary/aromatic N) is 5. The summed E-state index contributed by atoms with van der Waals surface area (Å²) in [5.41, 5.74) is 1.65. The minimum absolute atomic E-state index is 0.208. The van der Waals surface area contributed by atoms with Gasteiger partial charge in [-0.2, -0.15) is 5.10 Å². The summed E-state index contributed by atoms with van der Waals surface area (Å²) in [6.07, 6.45) is 9.04. The summed E-state index contributed by atoms with van der Waals surface area (Å²) in [5, 5.41) is 4.29. The van der Waals surface area contributed by atoms with E-state index in [-0.39, 0.29) is 5.91 Å². The van der Waals surface area contributed by atoms with Gasteiger partial charge in [0.1, 0.15) is 0 Å². The van der Waals surface area contributed by atoms with Crippen molar-refractivity contribution in [2.24, 2.45) is 7.05 Å². The second kappa shape index (κ2) is 6.61. The zero-order valence-corrected chi connectivity index (χ0v) is 14.7. The number of likely N-dealkylation sites (tertiary alicyclic amines) is 2. The Bertz CT molecular complexity index is 545. The molecule has 2 aliphatic rings. The molecule has 6 heteroatoms. The molecule has 6 nitrogen and oxygen atoms in total. The summed E-state index contributed by atoms with van der Waals surface area (Å²) in [6, 6.07) is 0. The van der Waals surface area contributed by atoms with Crippen LogP contribution in [0.25, 0.3) is 0 Å². The smallest absolute Gasteiger partial charge is 0.236 e. The number of amides is 1. The van der Waals surface area contributed by atoms with Gasteiger partial charge >= 0.3 is 0 Å². The third kappa shape index (κ3) is 3.58. The number of carbonyl (C=O) groups excluding carboxylic acids is 1. The molecule has 3 heterocycles. The maximum atomic E-state index is 11.9. The monoisotopic (exact) mass is 319 g/mol. The van der Waals surface area contributed by atoms with Crippen LogP contribution in [0.2, 0.25) is 0 Å². The van der Waals surface area contributed by atoms with Gasteiger partial charge in [0.05, 0.1) is 12.7 Å². The number of hydrogen-bond acceptors (Lipinski definition) is 4. The van der Waals surface area contributed by atoms with Gasteiger partial charge in [0.2, 0.25) is 5.91 Å². The van der Waals surface area contributed by atoms with Crippen LogP contribution < -0.4 is 0 Å². The SMILES string of the molecule is CN(C)C(=O)CN1CCC2(CCCN2Cc2cnn(C)c2)CC1. The summed E-state index contributed by atoms with van der Waals surface area (Å²) in [4.78, 5) is 18.6. The molecule has 0 unspecified atom stereocenters. The van der Waals surface area contributed by atoms with Crippen LogP contribution >= 0.6 is 0 Å². The summed E-state index contributed by atoms with van der Waals surface area (Å²) in [6.45, 7) is 4.81. The van der Waals surface area contributed by atoms with Gasteiger partial charge in [0.15, 0.2) is 0 Å². The first-order chi connectivity index (χ1) is 11.0. The Morgan fingerprint density at radius 1 is 1.26 bits per heavy atom. The zero-order chi connectivity index (χ0) is 16.4. The minimum atomic E-state index is 0.208. The first-order valence-corrected chi connectivity index (χ1v) is 8.64. The Hall–Kier alpha value is -1.40. The lowest BCUT2D eigenvalue weighted by Crippen LogP contribution is -2.53. The highest BCUT2D eigenvalue weighted by molar-refractivity contribution is 5.77. The van der Waals surface area contributed by atoms with Crippen molar-refractivity contribution in [3.05, 3.63) is 18.0 Å². The molecule has 0 N–H and O–H groups in total. The first kappa shape index (κ1) is 16.5. The molecule has 0 radical (unpaired) electrons. The fourth-order valence-corrected chi connectivity index (χ4v) is 4.04. The quantitative estimate of drug-likeness (QED) is 0.828. The van der Waals surface area contributed by atoms with Gasteiger partial charge in [-0.25, -0.2) is 0 Å². The number of likely N-dealkylation sites (N-methyl/N-ethyl adjacent to an activating group) is 1. The van der Waals surface area contributed by atoms with Crippen molar-refractivity contribution in [3.8, 4) is 0 Å². The molecule has 1 amide bonds. The molecule has 1 spiro atoms. The first-order valence-electron chi connectivity index (χ1n) is 8.64. The van der Waals surface area contributed by atoms with E-state index >= 15 is 0 Å². The van der Waals surface area contributed by atoms with Gasteiger partial charge in [-0.15, -0.1) is 0 Å². The number of rotatable bonds is 4. The highest BCUT2D eigenvalue weighted by Crippen LogP contribution is 2.39. The summed E-state index contributed by atoms with van der Waals surface area (Å²) in [5.74, 6) is 0.208. The molecule has 2 saturated heterocycles. The maximum Gasteiger partial charge on any atom is 0.236 e. The highest BCUT2D eigenvalue weighted by Gasteiger charge is 2.43. The fraction of sp³-hybridized carbons (Fsp3) is 0.765. The van der Waals surface area contributed by atoms with Crippen LogP contribution in [0, 0.1) is 0 Å². The number of carbonyl (C=O) groups is 1. The molecule has 2 fully saturated rings. The standard InChI is InChI=1S/C17H29N5O/c1-19(2)16(23)14-21-9-6-17(7-10-21)5-4-8-22(17)13-15-11-18-20(3)12-15/h11-12H,4-10,13-14H2,1-3H3. The second-order valence-corrected chi connectivity index (χ2v) is 7.34. The number of aromatic nitrogens is 2. The van der Waals surface area contributed by atoms with Crippen molar-refractivity contribution in [1.82, 2.24) is 24.5 Å². The van der Waals surface area contributed by atoms with E-state index in [2.05, 4.69) is 21.1 Å². The lowest BCUT2D eigenvalue weighted by Gasteiger charge is -2.45. The van der Waals surface area contributed by atoms with Crippen molar-refractivity contribution in [3.63, 3.8) is 0 Å². The lowest BCUT2D eigenvalue weighted by atomic mass is 9.84. The van der Waals surface area contributed by atoms with E-state index < -0.39 is 0 Å². The summed E-state index contributed by atoms with van der Waals surface area (Å²) < 4.78 is 1.88. The third-order valence-corrected chi connectivity index (χ3v) is 5.52. The molecule has 1 aromatic rings. The van der Waals surface area contributed by atoms with Gasteiger partial charge in [-0.05, 0) is 32.2 Å². The maximum absolute atomic E-state index is 11.9.